The second-order valence-electron chi connectivity index (χ2n) is 7.71. The first-order valence-electron chi connectivity index (χ1n) is 8.44. The third kappa shape index (κ3) is 5.26. The van der Waals surface area contributed by atoms with Crippen LogP contribution in [0.15, 0.2) is 0 Å². The van der Waals surface area contributed by atoms with Crippen LogP contribution in [-0.2, 0) is 14.3 Å². The maximum Gasteiger partial charge on any atom is 0.338 e. The van der Waals surface area contributed by atoms with Crippen LogP contribution in [0.25, 0.3) is 0 Å². The van der Waals surface area contributed by atoms with Gasteiger partial charge in [-0.2, -0.15) is 0 Å². The van der Waals surface area contributed by atoms with Gasteiger partial charge in [0.1, 0.15) is 5.60 Å². The van der Waals surface area contributed by atoms with E-state index in [0.717, 1.165) is 12.8 Å². The molecule has 4 nitrogen and oxygen atoms in total. The summed E-state index contributed by atoms with van der Waals surface area (Å²) in [4.78, 5) is 12.2. The van der Waals surface area contributed by atoms with E-state index >= 15 is 0 Å². The fraction of sp³-hybridized carbons (Fsp3) is 0.941. The van der Waals surface area contributed by atoms with E-state index in [0.29, 0.717) is 12.6 Å². The van der Waals surface area contributed by atoms with E-state index < -0.39 is 11.2 Å². The highest BCUT2D eigenvalue weighted by atomic mass is 16.6. The smallest absolute Gasteiger partial charge is 0.338 e. The number of hydrogen-bond donors (Lipinski definition) is 1. The summed E-state index contributed by atoms with van der Waals surface area (Å²) in [5.41, 5.74) is -1.10. The quantitative estimate of drug-likeness (QED) is 0.765. The molecule has 122 valence electrons. The van der Waals surface area contributed by atoms with Crippen LogP contribution >= 0.6 is 0 Å². The summed E-state index contributed by atoms with van der Waals surface area (Å²) >= 11 is 0. The number of rotatable bonds is 6. The molecule has 1 atom stereocenters. The Kier molecular flexibility index (Phi) is 5.31. The highest BCUT2D eigenvalue weighted by molar-refractivity contribution is 5.83. The lowest BCUT2D eigenvalue weighted by Crippen LogP contribution is -2.43. The van der Waals surface area contributed by atoms with Gasteiger partial charge in [0.15, 0.2) is 5.60 Å². The number of carbonyl (C=O) groups excluding carboxylic acids is 1. The third-order valence-electron chi connectivity index (χ3n) is 4.21. The van der Waals surface area contributed by atoms with Crippen LogP contribution < -0.4 is 5.32 Å². The summed E-state index contributed by atoms with van der Waals surface area (Å²) < 4.78 is 11.4. The van der Waals surface area contributed by atoms with Crippen molar-refractivity contribution in [3.63, 3.8) is 0 Å². The average Bonchev–Trinajstić information content (AvgIpc) is 3.17. The van der Waals surface area contributed by atoms with E-state index in [-0.39, 0.29) is 12.0 Å². The molecule has 2 rings (SSSR count). The highest BCUT2D eigenvalue weighted by Crippen LogP contribution is 2.41. The third-order valence-corrected chi connectivity index (χ3v) is 4.21. The summed E-state index contributed by atoms with van der Waals surface area (Å²) in [6, 6.07) is 0.905. The zero-order chi connectivity index (χ0) is 15.5. The van der Waals surface area contributed by atoms with Gasteiger partial charge >= 0.3 is 5.97 Å². The van der Waals surface area contributed by atoms with Crippen LogP contribution in [0.3, 0.4) is 0 Å². The number of esters is 1. The molecule has 2 aliphatic carbocycles. The number of nitrogens with one attached hydrogen (secondary N) is 1. The van der Waals surface area contributed by atoms with Crippen molar-refractivity contribution >= 4 is 5.97 Å². The molecule has 2 fully saturated rings. The molecule has 0 radical (unpaired) electrons. The molecule has 1 N–H and O–H groups in total. The first kappa shape index (κ1) is 16.8. The highest BCUT2D eigenvalue weighted by Gasteiger charge is 2.54. The lowest BCUT2D eigenvalue weighted by atomic mass is 9.95. The number of hydrogen-bond acceptors (Lipinski definition) is 4. The molecule has 2 saturated carbocycles. The zero-order valence-electron chi connectivity index (χ0n) is 14.0. The van der Waals surface area contributed by atoms with Gasteiger partial charge in [-0.1, -0.05) is 19.3 Å². The predicted octanol–water partition coefficient (Wildman–Crippen LogP) is 3.19. The molecular weight excluding hydrogens is 266 g/mol. The van der Waals surface area contributed by atoms with Gasteiger partial charge in [0.25, 0.3) is 0 Å². The van der Waals surface area contributed by atoms with Crippen molar-refractivity contribution in [1.29, 1.82) is 0 Å². The van der Waals surface area contributed by atoms with Crippen molar-refractivity contribution in [3.8, 4) is 0 Å². The second kappa shape index (κ2) is 6.66. The zero-order valence-corrected chi connectivity index (χ0v) is 14.0. The van der Waals surface area contributed by atoms with Crippen molar-refractivity contribution in [2.75, 3.05) is 6.61 Å². The van der Waals surface area contributed by atoms with Gasteiger partial charge in [-0.15, -0.1) is 0 Å². The normalized spacial score (nSPS) is 23.6. The fourth-order valence-corrected chi connectivity index (χ4v) is 2.90. The Morgan fingerprint density at radius 1 is 1.24 bits per heavy atom. The van der Waals surface area contributed by atoms with E-state index in [1.165, 1.54) is 32.1 Å². The Labute approximate surface area is 129 Å². The minimum absolute atomic E-state index is 0.195. The second-order valence-corrected chi connectivity index (χ2v) is 7.71. The fourth-order valence-electron chi connectivity index (χ4n) is 2.90. The van der Waals surface area contributed by atoms with Gasteiger partial charge in [0.05, 0.1) is 6.61 Å². The molecule has 0 aromatic heterocycles. The minimum Gasteiger partial charge on any atom is -0.458 e. The monoisotopic (exact) mass is 297 g/mol. The van der Waals surface area contributed by atoms with Gasteiger partial charge < -0.3 is 14.8 Å². The molecule has 0 amide bonds. The maximum absolute atomic E-state index is 12.2. The minimum atomic E-state index is -0.657. The largest absolute Gasteiger partial charge is 0.458 e. The Balaban J connectivity index is 1.72. The summed E-state index contributed by atoms with van der Waals surface area (Å²) in [5, 5.41) is 3.63. The summed E-state index contributed by atoms with van der Waals surface area (Å²) in [5.74, 6) is -0.195. The molecule has 0 saturated heterocycles. The van der Waals surface area contributed by atoms with Crippen LogP contribution in [0.4, 0.5) is 0 Å². The van der Waals surface area contributed by atoms with Crippen LogP contribution in [0, 0.1) is 0 Å². The summed E-state index contributed by atoms with van der Waals surface area (Å²) in [6.07, 6.45) is 8.13. The molecule has 1 unspecified atom stereocenters. The Bertz CT molecular complexity index is 352. The predicted molar refractivity (Wildman–Crippen MR) is 83.2 cm³/mol. The van der Waals surface area contributed by atoms with E-state index in [1.807, 2.05) is 20.8 Å². The maximum atomic E-state index is 12.2. The van der Waals surface area contributed by atoms with E-state index in [2.05, 4.69) is 12.2 Å². The number of ether oxygens (including phenoxy) is 2. The Morgan fingerprint density at radius 2 is 1.86 bits per heavy atom. The Morgan fingerprint density at radius 3 is 2.38 bits per heavy atom. The van der Waals surface area contributed by atoms with Gasteiger partial charge in [-0.05, 0) is 53.4 Å². The number of carbonyl (C=O) groups is 1. The van der Waals surface area contributed by atoms with Crippen LogP contribution in [0.2, 0.25) is 0 Å². The van der Waals surface area contributed by atoms with Crippen molar-refractivity contribution < 1.29 is 14.3 Å². The van der Waals surface area contributed by atoms with E-state index in [1.54, 1.807) is 0 Å². The molecule has 4 heteroatoms. The molecule has 0 bridgehead atoms. The first-order chi connectivity index (χ1) is 9.81. The summed E-state index contributed by atoms with van der Waals surface area (Å²) in [7, 11) is 0. The van der Waals surface area contributed by atoms with Crippen molar-refractivity contribution in [1.82, 2.24) is 5.32 Å². The molecule has 0 heterocycles. The van der Waals surface area contributed by atoms with Crippen LogP contribution in [0.5, 0.6) is 0 Å². The van der Waals surface area contributed by atoms with Gasteiger partial charge in [0, 0.05) is 12.1 Å². The standard InChI is InChI=1S/C17H31NO3/c1-13(18-14-8-6-5-7-9-14)12-20-17(10-11-17)15(19)21-16(2,3)4/h13-14,18H,5-12H2,1-4H3. The molecule has 0 spiro atoms. The molecular formula is C17H31NO3. The van der Waals surface area contributed by atoms with E-state index in [4.69, 9.17) is 9.47 Å². The lowest BCUT2D eigenvalue weighted by molar-refractivity contribution is -0.172. The van der Waals surface area contributed by atoms with Gasteiger partial charge in [-0.3, -0.25) is 0 Å². The summed E-state index contributed by atoms with van der Waals surface area (Å²) in [6.45, 7) is 8.41. The van der Waals surface area contributed by atoms with Gasteiger partial charge in [0.2, 0.25) is 0 Å². The van der Waals surface area contributed by atoms with Crippen molar-refractivity contribution in [2.24, 2.45) is 0 Å². The molecule has 2 aliphatic rings. The van der Waals surface area contributed by atoms with E-state index in [9.17, 15) is 4.79 Å². The molecule has 0 aromatic carbocycles. The van der Waals surface area contributed by atoms with Gasteiger partial charge in [-0.25, -0.2) is 4.79 Å². The molecule has 21 heavy (non-hydrogen) atoms. The topological polar surface area (TPSA) is 47.6 Å². The molecule has 0 aromatic rings. The lowest BCUT2D eigenvalue weighted by Gasteiger charge is -2.28. The first-order valence-corrected chi connectivity index (χ1v) is 8.44. The van der Waals surface area contributed by atoms with Crippen LogP contribution in [0.1, 0.15) is 72.6 Å². The average molecular weight is 297 g/mol. The van der Waals surface area contributed by atoms with Crippen molar-refractivity contribution in [2.45, 2.75) is 95.9 Å². The SMILES string of the molecule is CC(COC1(C(=O)OC(C)(C)C)CC1)NC1CCCCC1. The molecule has 0 aliphatic heterocycles. The Hall–Kier alpha value is -0.610. The van der Waals surface area contributed by atoms with Crippen LogP contribution in [-0.4, -0.2) is 35.9 Å². The van der Waals surface area contributed by atoms with Crippen molar-refractivity contribution in [3.05, 3.63) is 0 Å².